The third-order valence-electron chi connectivity index (χ3n) is 6.29. The highest BCUT2D eigenvalue weighted by atomic mass is 16.2. The van der Waals surface area contributed by atoms with Gasteiger partial charge in [0.05, 0.1) is 5.41 Å². The van der Waals surface area contributed by atoms with Crippen LogP contribution >= 0.6 is 0 Å². The fourth-order valence-corrected chi connectivity index (χ4v) is 4.54. The van der Waals surface area contributed by atoms with E-state index in [9.17, 15) is 14.4 Å². The first-order valence-electron chi connectivity index (χ1n) is 10.8. The van der Waals surface area contributed by atoms with Crippen molar-refractivity contribution in [2.24, 2.45) is 5.41 Å². The number of carbonyl (C=O) groups excluding carboxylic acids is 3. The maximum atomic E-state index is 12.9. The predicted molar refractivity (Wildman–Crippen MR) is 119 cm³/mol. The number of likely N-dealkylation sites (tertiary alicyclic amines) is 1. The van der Waals surface area contributed by atoms with Crippen LogP contribution in [0.5, 0.6) is 0 Å². The van der Waals surface area contributed by atoms with Gasteiger partial charge < -0.3 is 4.90 Å². The van der Waals surface area contributed by atoms with Gasteiger partial charge in [0.15, 0.2) is 5.82 Å². The number of hydrogen-bond acceptors (Lipinski definition) is 5. The number of hydrogen-bond donors (Lipinski definition) is 1. The fraction of sp³-hybridized carbons (Fsp3) is 0.435. The first-order valence-corrected chi connectivity index (χ1v) is 10.8. The van der Waals surface area contributed by atoms with Crippen molar-refractivity contribution in [1.82, 2.24) is 30.1 Å². The molecule has 4 rings (SSSR count). The van der Waals surface area contributed by atoms with Crippen molar-refractivity contribution < 1.29 is 14.4 Å². The van der Waals surface area contributed by atoms with Gasteiger partial charge in [0, 0.05) is 44.4 Å². The minimum absolute atomic E-state index is 0.0365. The Labute approximate surface area is 187 Å². The van der Waals surface area contributed by atoms with Crippen LogP contribution in [0.4, 0.5) is 0 Å². The van der Waals surface area contributed by atoms with Crippen LogP contribution in [0.3, 0.4) is 0 Å². The van der Waals surface area contributed by atoms with Crippen LogP contribution in [-0.4, -0.2) is 62.0 Å². The highest BCUT2D eigenvalue weighted by Crippen LogP contribution is 2.40. The van der Waals surface area contributed by atoms with Crippen molar-refractivity contribution in [1.29, 1.82) is 0 Å². The molecule has 2 fully saturated rings. The zero-order valence-electron chi connectivity index (χ0n) is 18.7. The Balaban J connectivity index is 1.35. The van der Waals surface area contributed by atoms with E-state index in [1.54, 1.807) is 11.8 Å². The lowest BCUT2D eigenvalue weighted by Gasteiger charge is -2.37. The van der Waals surface area contributed by atoms with Crippen LogP contribution in [-0.2, 0) is 14.4 Å². The zero-order chi connectivity index (χ0) is 22.9. The van der Waals surface area contributed by atoms with Gasteiger partial charge in [-0.05, 0) is 45.2 Å². The summed E-state index contributed by atoms with van der Waals surface area (Å²) in [5.41, 5.74) is 5.38. The molecule has 0 bridgehead atoms. The molecule has 0 aliphatic carbocycles. The smallest absolute Gasteiger partial charge is 0.264 e. The average Bonchev–Trinajstić information content (AvgIpc) is 3.33. The molecule has 2 aromatic rings. The minimum Gasteiger partial charge on any atom is -0.343 e. The van der Waals surface area contributed by atoms with Gasteiger partial charge in [-0.2, -0.15) is 0 Å². The molecule has 0 saturated carbocycles. The maximum absolute atomic E-state index is 12.9. The average molecular weight is 437 g/mol. The number of amides is 3. The van der Waals surface area contributed by atoms with E-state index in [1.165, 1.54) is 28.3 Å². The van der Waals surface area contributed by atoms with Crippen LogP contribution in [0.1, 0.15) is 37.3 Å². The molecule has 0 unspecified atom stereocenters. The van der Waals surface area contributed by atoms with E-state index in [0.717, 1.165) is 16.7 Å². The van der Waals surface area contributed by atoms with Crippen LogP contribution in [0, 0.1) is 19.3 Å². The molecule has 0 radical (unpaired) electrons. The number of aryl methyl sites for hydroxylation is 2. The van der Waals surface area contributed by atoms with Gasteiger partial charge in [-0.1, -0.05) is 17.2 Å². The van der Waals surface area contributed by atoms with Gasteiger partial charge in [0.2, 0.25) is 11.8 Å². The van der Waals surface area contributed by atoms with E-state index in [4.69, 9.17) is 0 Å². The molecule has 3 heterocycles. The molecular formula is C23H28N6O3. The van der Waals surface area contributed by atoms with Gasteiger partial charge >= 0.3 is 0 Å². The highest BCUT2D eigenvalue weighted by molar-refractivity contribution is 5.93. The predicted octanol–water partition coefficient (Wildman–Crippen LogP) is 1.92. The molecule has 2 saturated heterocycles. The summed E-state index contributed by atoms with van der Waals surface area (Å²) >= 11 is 0. The van der Waals surface area contributed by atoms with Crippen molar-refractivity contribution in [2.75, 3.05) is 19.6 Å². The van der Waals surface area contributed by atoms with Crippen molar-refractivity contribution in [3.63, 3.8) is 0 Å². The Kier molecular flexibility index (Phi) is 5.82. The summed E-state index contributed by atoms with van der Waals surface area (Å²) in [6, 6.07) is 6.11. The third kappa shape index (κ3) is 4.42. The van der Waals surface area contributed by atoms with E-state index in [0.29, 0.717) is 44.7 Å². The molecule has 1 aromatic heterocycles. The highest BCUT2D eigenvalue weighted by Gasteiger charge is 2.48. The maximum Gasteiger partial charge on any atom is 0.264 e. The quantitative estimate of drug-likeness (QED) is 0.738. The molecule has 9 nitrogen and oxygen atoms in total. The third-order valence-corrected chi connectivity index (χ3v) is 6.29. The number of piperidine rings is 1. The minimum atomic E-state index is -0.476. The molecule has 168 valence electrons. The molecule has 32 heavy (non-hydrogen) atoms. The number of carbonyl (C=O) groups is 3. The summed E-state index contributed by atoms with van der Waals surface area (Å²) in [4.78, 5) is 43.0. The molecule has 2 aliphatic heterocycles. The standard InChI is InChI=1S/C23H28N6O3/c1-16-12-17(2)14-19(13-16)21-24-15-28(26-21)8-4-20(31)25-29-11-7-23(22(29)32)5-9-27(10-6-23)18(3)30/h4,8,12-15H,5-7,9-11H2,1-3H3,(H,25,31)/b8-4-. The van der Waals surface area contributed by atoms with Gasteiger partial charge in [-0.15, -0.1) is 5.10 Å². The molecule has 9 heteroatoms. The Hall–Kier alpha value is -3.49. The van der Waals surface area contributed by atoms with E-state index in [-0.39, 0.29) is 11.8 Å². The lowest BCUT2D eigenvalue weighted by molar-refractivity contribution is -0.146. The van der Waals surface area contributed by atoms with Crippen molar-refractivity contribution >= 4 is 23.9 Å². The number of aromatic nitrogens is 3. The molecule has 1 N–H and O–H groups in total. The molecular weight excluding hydrogens is 408 g/mol. The zero-order valence-corrected chi connectivity index (χ0v) is 18.7. The van der Waals surface area contributed by atoms with Crippen LogP contribution in [0.2, 0.25) is 0 Å². The van der Waals surface area contributed by atoms with Crippen LogP contribution < -0.4 is 5.43 Å². The second-order valence-electron chi connectivity index (χ2n) is 8.71. The molecule has 1 spiro atoms. The van der Waals surface area contributed by atoms with E-state index in [2.05, 4.69) is 21.6 Å². The van der Waals surface area contributed by atoms with E-state index < -0.39 is 11.3 Å². The molecule has 3 amide bonds. The summed E-state index contributed by atoms with van der Waals surface area (Å²) < 4.78 is 1.47. The summed E-state index contributed by atoms with van der Waals surface area (Å²) in [6.45, 7) is 7.23. The lowest BCUT2D eigenvalue weighted by atomic mass is 9.77. The van der Waals surface area contributed by atoms with E-state index >= 15 is 0 Å². The Morgan fingerprint density at radius 3 is 2.38 bits per heavy atom. The fourth-order valence-electron chi connectivity index (χ4n) is 4.54. The normalized spacial score (nSPS) is 18.0. The number of nitrogens with zero attached hydrogens (tertiary/aromatic N) is 5. The number of rotatable bonds is 4. The summed E-state index contributed by atoms with van der Waals surface area (Å²) in [6.07, 6.45) is 6.33. The van der Waals surface area contributed by atoms with Crippen LogP contribution in [0.25, 0.3) is 17.6 Å². The first-order chi connectivity index (χ1) is 15.3. The van der Waals surface area contributed by atoms with Gasteiger partial charge in [0.1, 0.15) is 6.33 Å². The topological polar surface area (TPSA) is 100 Å². The second-order valence-corrected chi connectivity index (χ2v) is 8.71. The SMILES string of the molecule is CC(=O)N1CCC2(CC1)CCN(NC(=O)/C=C\n1cnc(-c3cc(C)cc(C)c3)n1)C2=O. The lowest BCUT2D eigenvalue weighted by Crippen LogP contribution is -2.49. The van der Waals surface area contributed by atoms with E-state index in [1.807, 2.05) is 26.0 Å². The Bertz CT molecular complexity index is 1060. The van der Waals surface area contributed by atoms with Crippen molar-refractivity contribution in [3.05, 3.63) is 41.7 Å². The van der Waals surface area contributed by atoms with Crippen LogP contribution in [0.15, 0.2) is 30.6 Å². The summed E-state index contributed by atoms with van der Waals surface area (Å²) in [5, 5.41) is 5.80. The number of hydrazine groups is 1. The largest absolute Gasteiger partial charge is 0.343 e. The molecule has 1 aromatic carbocycles. The van der Waals surface area contributed by atoms with Gasteiger partial charge in [0.25, 0.3) is 5.91 Å². The van der Waals surface area contributed by atoms with Gasteiger partial charge in [-0.25, -0.2) is 9.67 Å². The Morgan fingerprint density at radius 2 is 1.72 bits per heavy atom. The summed E-state index contributed by atoms with van der Waals surface area (Å²) in [7, 11) is 0. The second kappa shape index (κ2) is 8.57. The monoisotopic (exact) mass is 436 g/mol. The van der Waals surface area contributed by atoms with Crippen molar-refractivity contribution in [3.8, 4) is 11.4 Å². The number of benzene rings is 1. The molecule has 0 atom stereocenters. The van der Waals surface area contributed by atoms with Crippen molar-refractivity contribution in [2.45, 2.75) is 40.0 Å². The summed E-state index contributed by atoms with van der Waals surface area (Å²) in [5.74, 6) is 0.144. The van der Waals surface area contributed by atoms with Gasteiger partial charge in [-0.3, -0.25) is 24.8 Å². The Morgan fingerprint density at radius 1 is 1.06 bits per heavy atom. The number of nitrogens with one attached hydrogen (secondary N) is 1. The first kappa shape index (κ1) is 21.7. The molecule has 2 aliphatic rings.